The number of fused-ring (bicyclic) bond motifs is 2. The van der Waals surface area contributed by atoms with Gasteiger partial charge in [-0.3, -0.25) is 4.79 Å². The highest BCUT2D eigenvalue weighted by Crippen LogP contribution is 2.38. The van der Waals surface area contributed by atoms with Gasteiger partial charge in [-0.1, -0.05) is 12.1 Å². The summed E-state index contributed by atoms with van der Waals surface area (Å²) >= 11 is 0. The molecule has 0 fully saturated rings. The molecule has 1 atom stereocenters. The molecular formula is C18H16N2O4. The second-order valence-corrected chi connectivity index (χ2v) is 5.98. The van der Waals surface area contributed by atoms with E-state index in [0.717, 1.165) is 22.3 Å². The minimum absolute atomic E-state index is 0.164. The van der Waals surface area contributed by atoms with Gasteiger partial charge in [-0.25, -0.2) is 4.79 Å². The molecule has 0 aliphatic carbocycles. The molecule has 2 aromatic carbocycles. The Bertz CT molecular complexity index is 876. The van der Waals surface area contributed by atoms with Gasteiger partial charge in [0.1, 0.15) is 11.5 Å². The third-order valence-corrected chi connectivity index (χ3v) is 4.26. The summed E-state index contributed by atoms with van der Waals surface area (Å²) in [7, 11) is 0. The average molecular weight is 324 g/mol. The highest BCUT2D eigenvalue weighted by Gasteiger charge is 2.25. The molecular weight excluding hydrogens is 308 g/mol. The first-order valence-electron chi connectivity index (χ1n) is 7.72. The Balaban J connectivity index is 1.77. The number of aryl methyl sites for hydroxylation is 1. The summed E-state index contributed by atoms with van der Waals surface area (Å²) in [5.41, 5.74) is 4.45. The second kappa shape index (κ2) is 5.26. The summed E-state index contributed by atoms with van der Waals surface area (Å²) in [6.07, 6.45) is -0.949. The molecule has 6 nitrogen and oxygen atoms in total. The molecule has 6 heteroatoms. The van der Waals surface area contributed by atoms with E-state index in [2.05, 4.69) is 10.6 Å². The van der Waals surface area contributed by atoms with Crippen molar-refractivity contribution in [2.75, 3.05) is 5.32 Å². The lowest BCUT2D eigenvalue weighted by molar-refractivity contribution is -0.122. The Labute approximate surface area is 138 Å². The molecule has 0 saturated heterocycles. The topological polar surface area (TPSA) is 76.7 Å². The second-order valence-electron chi connectivity index (χ2n) is 5.98. The molecule has 2 N–H and O–H groups in total. The molecule has 0 bridgehead atoms. The van der Waals surface area contributed by atoms with Gasteiger partial charge in [0.15, 0.2) is 6.10 Å². The predicted octanol–water partition coefficient (Wildman–Crippen LogP) is 2.98. The van der Waals surface area contributed by atoms with Gasteiger partial charge in [0, 0.05) is 12.1 Å². The smallest absolute Gasteiger partial charge is 0.412 e. The van der Waals surface area contributed by atoms with Crippen molar-refractivity contribution < 1.29 is 19.1 Å². The maximum Gasteiger partial charge on any atom is 0.412 e. The number of nitrogens with one attached hydrogen (secondary N) is 2. The quantitative estimate of drug-likeness (QED) is 0.845. The molecule has 2 amide bonds. The van der Waals surface area contributed by atoms with Gasteiger partial charge < -0.3 is 20.1 Å². The van der Waals surface area contributed by atoms with Crippen LogP contribution in [0.4, 0.5) is 10.5 Å². The average Bonchev–Trinajstić information content (AvgIpc) is 2.55. The summed E-state index contributed by atoms with van der Waals surface area (Å²) < 4.78 is 10.9. The fourth-order valence-electron chi connectivity index (χ4n) is 2.93. The molecule has 0 spiro atoms. The van der Waals surface area contributed by atoms with Crippen molar-refractivity contribution in [2.24, 2.45) is 0 Å². The SMILES string of the molecule is Cc1cc2c(cc1-c1ccc3c(c1)OC(=O)NC3)NC(=O)C(C)O2. The zero-order valence-electron chi connectivity index (χ0n) is 13.3. The maximum absolute atomic E-state index is 11.8. The summed E-state index contributed by atoms with van der Waals surface area (Å²) in [5, 5.41) is 5.49. The molecule has 2 aromatic rings. The Kier molecular flexibility index (Phi) is 3.19. The lowest BCUT2D eigenvalue weighted by atomic mass is 9.97. The lowest BCUT2D eigenvalue weighted by Gasteiger charge is -2.25. The molecule has 2 aliphatic heterocycles. The number of carbonyl (C=O) groups excluding carboxylic acids is 2. The van der Waals surface area contributed by atoms with Crippen LogP contribution in [0.2, 0.25) is 0 Å². The zero-order chi connectivity index (χ0) is 16.8. The van der Waals surface area contributed by atoms with E-state index in [0.29, 0.717) is 23.7 Å². The molecule has 122 valence electrons. The highest BCUT2D eigenvalue weighted by atomic mass is 16.6. The van der Waals surface area contributed by atoms with Gasteiger partial charge in [0.05, 0.1) is 5.69 Å². The van der Waals surface area contributed by atoms with Crippen molar-refractivity contribution in [3.8, 4) is 22.6 Å². The minimum Gasteiger partial charge on any atom is -0.479 e. The Morgan fingerprint density at radius 1 is 1.12 bits per heavy atom. The molecule has 0 saturated carbocycles. The van der Waals surface area contributed by atoms with Gasteiger partial charge in [-0.15, -0.1) is 0 Å². The number of rotatable bonds is 1. The Hall–Kier alpha value is -3.02. The summed E-state index contributed by atoms with van der Waals surface area (Å²) in [6.45, 7) is 4.15. The van der Waals surface area contributed by atoms with Crippen LogP contribution >= 0.6 is 0 Å². The van der Waals surface area contributed by atoms with Crippen LogP contribution in [0.3, 0.4) is 0 Å². The van der Waals surface area contributed by atoms with Gasteiger partial charge in [0.2, 0.25) is 0 Å². The Morgan fingerprint density at radius 3 is 2.79 bits per heavy atom. The van der Waals surface area contributed by atoms with E-state index < -0.39 is 12.2 Å². The summed E-state index contributed by atoms with van der Waals surface area (Å²) in [6, 6.07) is 9.55. The largest absolute Gasteiger partial charge is 0.479 e. The van der Waals surface area contributed by atoms with Crippen LogP contribution in [-0.2, 0) is 11.3 Å². The van der Waals surface area contributed by atoms with Crippen molar-refractivity contribution in [2.45, 2.75) is 26.5 Å². The van der Waals surface area contributed by atoms with Crippen molar-refractivity contribution in [1.82, 2.24) is 5.32 Å². The molecule has 2 heterocycles. The number of ether oxygens (including phenoxy) is 2. The van der Waals surface area contributed by atoms with E-state index in [1.54, 1.807) is 6.92 Å². The van der Waals surface area contributed by atoms with E-state index >= 15 is 0 Å². The van der Waals surface area contributed by atoms with Crippen molar-refractivity contribution in [1.29, 1.82) is 0 Å². The zero-order valence-corrected chi connectivity index (χ0v) is 13.3. The van der Waals surface area contributed by atoms with Crippen LogP contribution in [-0.4, -0.2) is 18.1 Å². The molecule has 2 aliphatic rings. The molecule has 1 unspecified atom stereocenters. The van der Waals surface area contributed by atoms with E-state index in [1.807, 2.05) is 37.3 Å². The van der Waals surface area contributed by atoms with E-state index in [9.17, 15) is 9.59 Å². The van der Waals surface area contributed by atoms with Crippen LogP contribution in [0.5, 0.6) is 11.5 Å². The van der Waals surface area contributed by atoms with Crippen molar-refractivity contribution in [3.05, 3.63) is 41.5 Å². The van der Waals surface area contributed by atoms with E-state index in [1.165, 1.54) is 0 Å². The van der Waals surface area contributed by atoms with E-state index in [4.69, 9.17) is 9.47 Å². The molecule has 4 rings (SSSR count). The van der Waals surface area contributed by atoms with Crippen molar-refractivity contribution >= 4 is 17.7 Å². The third kappa shape index (κ3) is 2.36. The summed E-state index contributed by atoms with van der Waals surface area (Å²) in [4.78, 5) is 23.2. The lowest BCUT2D eigenvalue weighted by Crippen LogP contribution is -2.34. The van der Waals surface area contributed by atoms with Gasteiger partial charge in [0.25, 0.3) is 5.91 Å². The van der Waals surface area contributed by atoms with Crippen LogP contribution < -0.4 is 20.1 Å². The first-order valence-corrected chi connectivity index (χ1v) is 7.72. The number of hydrogen-bond donors (Lipinski definition) is 2. The number of hydrogen-bond acceptors (Lipinski definition) is 4. The molecule has 24 heavy (non-hydrogen) atoms. The van der Waals surface area contributed by atoms with Crippen LogP contribution in [0.25, 0.3) is 11.1 Å². The first kappa shape index (κ1) is 14.6. The fourth-order valence-corrected chi connectivity index (χ4v) is 2.93. The number of anilines is 1. The summed E-state index contributed by atoms with van der Waals surface area (Å²) in [5.74, 6) is 1.06. The molecule has 0 radical (unpaired) electrons. The number of benzene rings is 2. The van der Waals surface area contributed by atoms with Crippen LogP contribution in [0.15, 0.2) is 30.3 Å². The normalized spacial score (nSPS) is 18.5. The third-order valence-electron chi connectivity index (χ3n) is 4.26. The predicted molar refractivity (Wildman–Crippen MR) is 88.2 cm³/mol. The Morgan fingerprint density at radius 2 is 1.96 bits per heavy atom. The minimum atomic E-state index is -0.501. The number of carbonyl (C=O) groups is 2. The van der Waals surface area contributed by atoms with Crippen LogP contribution in [0, 0.1) is 6.92 Å². The van der Waals surface area contributed by atoms with Gasteiger partial charge >= 0.3 is 6.09 Å². The van der Waals surface area contributed by atoms with E-state index in [-0.39, 0.29) is 5.91 Å². The number of amides is 2. The standard InChI is InChI=1S/C18H16N2O4/c1-9-5-16-14(20-17(21)10(2)23-16)7-13(9)11-3-4-12-8-19-18(22)24-15(12)6-11/h3-7,10H,8H2,1-2H3,(H,19,22)(H,20,21). The van der Waals surface area contributed by atoms with Gasteiger partial charge in [-0.2, -0.15) is 0 Å². The van der Waals surface area contributed by atoms with Crippen molar-refractivity contribution in [3.63, 3.8) is 0 Å². The molecule has 0 aromatic heterocycles. The first-order chi connectivity index (χ1) is 11.5. The van der Waals surface area contributed by atoms with Gasteiger partial charge in [-0.05, 0) is 48.7 Å². The fraction of sp³-hybridized carbons (Fsp3) is 0.222. The highest BCUT2D eigenvalue weighted by molar-refractivity contribution is 5.98. The maximum atomic E-state index is 11.8. The van der Waals surface area contributed by atoms with Crippen LogP contribution in [0.1, 0.15) is 18.1 Å². The monoisotopic (exact) mass is 324 g/mol.